The summed E-state index contributed by atoms with van der Waals surface area (Å²) in [5, 5.41) is 12.4. The van der Waals surface area contributed by atoms with Crippen LogP contribution in [0.5, 0.6) is 5.75 Å². The molecule has 0 radical (unpaired) electrons. The third-order valence-corrected chi connectivity index (χ3v) is 5.81. The molecule has 1 atom stereocenters. The highest BCUT2D eigenvalue weighted by Crippen LogP contribution is 2.28. The van der Waals surface area contributed by atoms with Gasteiger partial charge in [-0.15, -0.1) is 10.2 Å². The van der Waals surface area contributed by atoms with E-state index in [9.17, 15) is 4.79 Å². The second-order valence-corrected chi connectivity index (χ2v) is 8.40. The summed E-state index contributed by atoms with van der Waals surface area (Å²) < 4.78 is 7.99. The van der Waals surface area contributed by atoms with Crippen LogP contribution in [0.25, 0.3) is 0 Å². The Kier molecular flexibility index (Phi) is 7.15. The molecule has 0 bridgehead atoms. The summed E-state index contributed by atoms with van der Waals surface area (Å²) in [5.74, 6) is 2.30. The second kappa shape index (κ2) is 9.78. The quantitative estimate of drug-likeness (QED) is 0.747. The van der Waals surface area contributed by atoms with Crippen molar-refractivity contribution in [2.24, 2.45) is 5.92 Å². The summed E-state index contributed by atoms with van der Waals surface area (Å²) in [6, 6.07) is 9.72. The van der Waals surface area contributed by atoms with Crippen molar-refractivity contribution in [3.05, 3.63) is 36.2 Å². The lowest BCUT2D eigenvalue weighted by atomic mass is 10.1. The van der Waals surface area contributed by atoms with Crippen molar-refractivity contribution in [3.8, 4) is 5.75 Å². The fourth-order valence-corrected chi connectivity index (χ4v) is 4.08. The predicted molar refractivity (Wildman–Crippen MR) is 107 cm³/mol. The minimum atomic E-state index is -0.0996. The maximum atomic E-state index is 12.3. The van der Waals surface area contributed by atoms with Crippen LogP contribution in [-0.4, -0.2) is 32.5 Å². The highest BCUT2D eigenvalue weighted by molar-refractivity contribution is 8.00. The molecule has 0 unspecified atom stereocenters. The molecule has 27 heavy (non-hydrogen) atoms. The number of aromatic nitrogens is 3. The summed E-state index contributed by atoms with van der Waals surface area (Å²) >= 11 is 1.53. The van der Waals surface area contributed by atoms with Gasteiger partial charge in [0.25, 0.3) is 0 Å². The van der Waals surface area contributed by atoms with Gasteiger partial charge in [0, 0.05) is 13.1 Å². The Labute approximate surface area is 165 Å². The van der Waals surface area contributed by atoms with Crippen LogP contribution < -0.4 is 10.1 Å². The average molecular weight is 389 g/mol. The van der Waals surface area contributed by atoms with Crippen molar-refractivity contribution in [2.75, 3.05) is 6.54 Å². The summed E-state index contributed by atoms with van der Waals surface area (Å²) in [4.78, 5) is 12.3. The first-order chi connectivity index (χ1) is 13.1. The van der Waals surface area contributed by atoms with E-state index in [0.717, 1.165) is 55.5 Å². The molecule has 1 aromatic heterocycles. The molecule has 1 amide bonds. The monoisotopic (exact) mass is 388 g/mol. The van der Waals surface area contributed by atoms with Crippen molar-refractivity contribution in [1.29, 1.82) is 0 Å². The Balaban J connectivity index is 1.73. The number of nitrogens with one attached hydrogen (secondary N) is 1. The number of carbonyl (C=O) groups excluding carboxylic acids is 1. The van der Waals surface area contributed by atoms with Crippen LogP contribution in [0.4, 0.5) is 0 Å². The maximum absolute atomic E-state index is 12.3. The molecule has 0 aliphatic carbocycles. The number of thioether (sulfide) groups is 1. The molecule has 7 heteroatoms. The summed E-state index contributed by atoms with van der Waals surface area (Å²) in [7, 11) is 0. The van der Waals surface area contributed by atoms with E-state index in [1.807, 2.05) is 30.3 Å². The topological polar surface area (TPSA) is 69.0 Å². The van der Waals surface area contributed by atoms with E-state index in [-0.39, 0.29) is 11.2 Å². The molecule has 2 heterocycles. The van der Waals surface area contributed by atoms with E-state index in [4.69, 9.17) is 4.74 Å². The number of rotatable bonds is 8. The van der Waals surface area contributed by atoms with Gasteiger partial charge in [-0.05, 0) is 37.3 Å². The maximum Gasteiger partial charge on any atom is 0.233 e. The van der Waals surface area contributed by atoms with E-state index in [1.54, 1.807) is 0 Å². The van der Waals surface area contributed by atoms with Gasteiger partial charge >= 0.3 is 0 Å². The van der Waals surface area contributed by atoms with Gasteiger partial charge in [0.1, 0.15) is 12.4 Å². The first-order valence-corrected chi connectivity index (χ1v) is 10.6. The minimum Gasteiger partial charge on any atom is -0.486 e. The highest BCUT2D eigenvalue weighted by Gasteiger charge is 2.25. The Morgan fingerprint density at radius 3 is 2.85 bits per heavy atom. The lowest BCUT2D eigenvalue weighted by molar-refractivity contribution is -0.120. The number of carbonyl (C=O) groups is 1. The zero-order valence-corrected chi connectivity index (χ0v) is 16.9. The molecule has 1 aliphatic heterocycles. The van der Waals surface area contributed by atoms with Gasteiger partial charge < -0.3 is 14.6 Å². The van der Waals surface area contributed by atoms with Gasteiger partial charge in [-0.3, -0.25) is 4.79 Å². The Morgan fingerprint density at radius 1 is 1.26 bits per heavy atom. The van der Waals surface area contributed by atoms with Crippen molar-refractivity contribution in [3.63, 3.8) is 0 Å². The Bertz CT molecular complexity index is 733. The zero-order valence-electron chi connectivity index (χ0n) is 16.1. The number of ether oxygens (including phenoxy) is 1. The molecule has 0 saturated carbocycles. The zero-order chi connectivity index (χ0) is 19.1. The van der Waals surface area contributed by atoms with Gasteiger partial charge in [-0.25, -0.2) is 0 Å². The molecule has 0 spiro atoms. The average Bonchev–Trinajstić information content (AvgIpc) is 2.93. The van der Waals surface area contributed by atoms with E-state index in [0.29, 0.717) is 12.5 Å². The Hall–Kier alpha value is -2.02. The number of hydrogen-bond acceptors (Lipinski definition) is 5. The normalized spacial score (nSPS) is 17.6. The van der Waals surface area contributed by atoms with Crippen molar-refractivity contribution in [2.45, 2.75) is 63.1 Å². The van der Waals surface area contributed by atoms with Crippen molar-refractivity contribution < 1.29 is 9.53 Å². The number of amides is 1. The molecule has 1 saturated heterocycles. The summed E-state index contributed by atoms with van der Waals surface area (Å²) in [6.07, 6.45) is 4.00. The Morgan fingerprint density at radius 2 is 2.07 bits per heavy atom. The van der Waals surface area contributed by atoms with Crippen LogP contribution in [0.1, 0.15) is 45.4 Å². The molecule has 2 aromatic rings. The molecular formula is C20H28N4O2S. The molecule has 3 rings (SSSR count). The first-order valence-electron chi connectivity index (χ1n) is 9.68. The lowest BCUT2D eigenvalue weighted by Crippen LogP contribution is -2.30. The second-order valence-electron chi connectivity index (χ2n) is 7.23. The molecule has 6 nitrogen and oxygen atoms in total. The molecule has 1 aliphatic rings. The van der Waals surface area contributed by atoms with E-state index < -0.39 is 0 Å². The fraction of sp³-hybridized carbons (Fsp3) is 0.550. The standard InChI is InChI=1S/C20H28N4O2S/c1-15(2)11-13-24-18(14-26-16-8-4-3-5-9-16)22-23-20(24)27-17-10-6-7-12-21-19(17)25/h3-5,8-9,15,17H,6-7,10-14H2,1-2H3,(H,21,25)/t17-/m1/s1. The van der Waals surface area contributed by atoms with Crippen LogP contribution in [0.3, 0.4) is 0 Å². The van der Waals surface area contributed by atoms with Crippen LogP contribution in [-0.2, 0) is 17.9 Å². The third kappa shape index (κ3) is 5.73. The summed E-state index contributed by atoms with van der Waals surface area (Å²) in [6.45, 7) is 6.37. The predicted octanol–water partition coefficient (Wildman–Crippen LogP) is 3.66. The van der Waals surface area contributed by atoms with E-state index in [1.165, 1.54) is 11.8 Å². The van der Waals surface area contributed by atoms with E-state index in [2.05, 4.69) is 33.9 Å². The smallest absolute Gasteiger partial charge is 0.233 e. The third-order valence-electron chi connectivity index (χ3n) is 4.57. The minimum absolute atomic E-state index is 0.0996. The van der Waals surface area contributed by atoms with Crippen LogP contribution in [0, 0.1) is 5.92 Å². The van der Waals surface area contributed by atoms with Crippen LogP contribution in [0.15, 0.2) is 35.5 Å². The largest absolute Gasteiger partial charge is 0.486 e. The van der Waals surface area contributed by atoms with Crippen LogP contribution in [0.2, 0.25) is 0 Å². The lowest BCUT2D eigenvalue weighted by Gasteiger charge is -2.15. The first kappa shape index (κ1) is 19.7. The van der Waals surface area contributed by atoms with Gasteiger partial charge in [0.15, 0.2) is 11.0 Å². The number of hydrogen-bond donors (Lipinski definition) is 1. The van der Waals surface area contributed by atoms with Crippen molar-refractivity contribution in [1.82, 2.24) is 20.1 Å². The van der Waals surface area contributed by atoms with Crippen molar-refractivity contribution >= 4 is 17.7 Å². The van der Waals surface area contributed by atoms with Gasteiger partial charge in [0.2, 0.25) is 5.91 Å². The molecule has 1 aromatic carbocycles. The molecular weight excluding hydrogens is 360 g/mol. The molecule has 146 valence electrons. The number of para-hydroxylation sites is 1. The fourth-order valence-electron chi connectivity index (χ4n) is 2.94. The van der Waals surface area contributed by atoms with Gasteiger partial charge in [0.05, 0.1) is 5.25 Å². The summed E-state index contributed by atoms with van der Waals surface area (Å²) in [5.41, 5.74) is 0. The highest BCUT2D eigenvalue weighted by atomic mass is 32.2. The number of nitrogens with zero attached hydrogens (tertiary/aromatic N) is 3. The number of benzene rings is 1. The SMILES string of the molecule is CC(C)CCn1c(COc2ccccc2)nnc1S[C@@H]1CCCCNC1=O. The molecule has 1 fully saturated rings. The van der Waals surface area contributed by atoms with Gasteiger partial charge in [-0.2, -0.15) is 0 Å². The molecule has 1 N–H and O–H groups in total. The van der Waals surface area contributed by atoms with Crippen LogP contribution >= 0.6 is 11.8 Å². The van der Waals surface area contributed by atoms with Gasteiger partial charge in [-0.1, -0.05) is 50.2 Å². The van der Waals surface area contributed by atoms with E-state index >= 15 is 0 Å².